The fourth-order valence-electron chi connectivity index (χ4n) is 1.92. The van der Waals surface area contributed by atoms with Crippen molar-refractivity contribution in [2.45, 2.75) is 12.6 Å². The van der Waals surface area contributed by atoms with Crippen molar-refractivity contribution in [2.75, 3.05) is 33.5 Å². The SMILES string of the molecule is COc1cc(CNCC2COCCO2)cc(Br)c1O. The number of hydrogen-bond acceptors (Lipinski definition) is 5. The zero-order valence-corrected chi connectivity index (χ0v) is 12.4. The monoisotopic (exact) mass is 331 g/mol. The summed E-state index contributed by atoms with van der Waals surface area (Å²) in [5, 5.41) is 13.0. The number of phenolic OH excluding ortho intramolecular Hbond substituents is 1. The van der Waals surface area contributed by atoms with Crippen molar-refractivity contribution >= 4 is 15.9 Å². The Morgan fingerprint density at radius 2 is 2.32 bits per heavy atom. The Bertz CT molecular complexity index is 421. The van der Waals surface area contributed by atoms with Gasteiger partial charge >= 0.3 is 0 Å². The second kappa shape index (κ2) is 7.09. The molecule has 0 aliphatic carbocycles. The molecule has 5 nitrogen and oxygen atoms in total. The third kappa shape index (κ3) is 4.07. The molecule has 0 spiro atoms. The van der Waals surface area contributed by atoms with E-state index >= 15 is 0 Å². The van der Waals surface area contributed by atoms with Gasteiger partial charge in [0.2, 0.25) is 0 Å². The summed E-state index contributed by atoms with van der Waals surface area (Å²) in [4.78, 5) is 0. The van der Waals surface area contributed by atoms with Crippen LogP contribution in [0, 0.1) is 0 Å². The maximum absolute atomic E-state index is 9.72. The van der Waals surface area contributed by atoms with Crippen LogP contribution in [0.1, 0.15) is 5.56 Å². The minimum absolute atomic E-state index is 0.108. The maximum Gasteiger partial charge on any atom is 0.172 e. The Hall–Kier alpha value is -0.820. The van der Waals surface area contributed by atoms with Crippen LogP contribution in [0.5, 0.6) is 11.5 Å². The van der Waals surface area contributed by atoms with Gasteiger partial charge in [-0.05, 0) is 33.6 Å². The lowest BCUT2D eigenvalue weighted by atomic mass is 10.2. The molecule has 0 aromatic heterocycles. The second-order valence-corrected chi connectivity index (χ2v) is 5.18. The van der Waals surface area contributed by atoms with Crippen LogP contribution in [0.15, 0.2) is 16.6 Å². The normalized spacial score (nSPS) is 19.4. The van der Waals surface area contributed by atoms with Crippen LogP contribution in [0.3, 0.4) is 0 Å². The van der Waals surface area contributed by atoms with Crippen LogP contribution in [-0.2, 0) is 16.0 Å². The first-order chi connectivity index (χ1) is 9.20. The summed E-state index contributed by atoms with van der Waals surface area (Å²) in [5.41, 5.74) is 1.03. The molecule has 6 heteroatoms. The van der Waals surface area contributed by atoms with Crippen molar-refractivity contribution in [3.8, 4) is 11.5 Å². The van der Waals surface area contributed by atoms with E-state index in [1.54, 1.807) is 0 Å². The van der Waals surface area contributed by atoms with E-state index in [0.717, 1.165) is 12.1 Å². The van der Waals surface area contributed by atoms with Gasteiger partial charge in [-0.3, -0.25) is 0 Å². The molecule has 1 aromatic carbocycles. The molecule has 1 saturated heterocycles. The highest BCUT2D eigenvalue weighted by molar-refractivity contribution is 9.10. The molecule has 1 heterocycles. The van der Waals surface area contributed by atoms with Crippen molar-refractivity contribution in [1.82, 2.24) is 5.32 Å². The van der Waals surface area contributed by atoms with Gasteiger partial charge < -0.3 is 24.6 Å². The first-order valence-corrected chi connectivity index (χ1v) is 6.95. The zero-order valence-electron chi connectivity index (χ0n) is 10.8. The average molecular weight is 332 g/mol. The van der Waals surface area contributed by atoms with Gasteiger partial charge in [-0.1, -0.05) is 0 Å². The van der Waals surface area contributed by atoms with E-state index < -0.39 is 0 Å². The maximum atomic E-state index is 9.72. The molecule has 2 N–H and O–H groups in total. The molecule has 1 aromatic rings. The quantitative estimate of drug-likeness (QED) is 0.859. The first-order valence-electron chi connectivity index (χ1n) is 6.16. The van der Waals surface area contributed by atoms with E-state index in [0.29, 0.717) is 36.6 Å². The summed E-state index contributed by atoms with van der Waals surface area (Å²) >= 11 is 3.30. The Labute approximate surface area is 121 Å². The Balaban J connectivity index is 1.86. The van der Waals surface area contributed by atoms with Crippen molar-refractivity contribution in [3.05, 3.63) is 22.2 Å². The minimum Gasteiger partial charge on any atom is -0.503 e. The fourth-order valence-corrected chi connectivity index (χ4v) is 2.41. The highest BCUT2D eigenvalue weighted by Gasteiger charge is 2.14. The lowest BCUT2D eigenvalue weighted by molar-refractivity contribution is -0.0864. The lowest BCUT2D eigenvalue weighted by Gasteiger charge is -2.23. The van der Waals surface area contributed by atoms with Gasteiger partial charge in [-0.15, -0.1) is 0 Å². The average Bonchev–Trinajstić information content (AvgIpc) is 2.43. The molecular formula is C13H18BrNO4. The molecule has 0 saturated carbocycles. The Kier molecular flexibility index (Phi) is 5.45. The molecule has 1 aliphatic heterocycles. The van der Waals surface area contributed by atoms with Crippen molar-refractivity contribution in [3.63, 3.8) is 0 Å². The molecule has 19 heavy (non-hydrogen) atoms. The fraction of sp³-hybridized carbons (Fsp3) is 0.538. The van der Waals surface area contributed by atoms with Crippen LogP contribution in [-0.4, -0.2) is 44.7 Å². The van der Waals surface area contributed by atoms with Gasteiger partial charge in [0.25, 0.3) is 0 Å². The van der Waals surface area contributed by atoms with Crippen molar-refractivity contribution < 1.29 is 19.3 Å². The highest BCUT2D eigenvalue weighted by atomic mass is 79.9. The van der Waals surface area contributed by atoms with Crippen LogP contribution in [0.4, 0.5) is 0 Å². The molecule has 1 fully saturated rings. The van der Waals surface area contributed by atoms with Crippen molar-refractivity contribution in [1.29, 1.82) is 0 Å². The molecule has 1 unspecified atom stereocenters. The molecule has 0 bridgehead atoms. The summed E-state index contributed by atoms with van der Waals surface area (Å²) in [7, 11) is 1.53. The number of aromatic hydroxyl groups is 1. The topological polar surface area (TPSA) is 60.0 Å². The third-order valence-corrected chi connectivity index (χ3v) is 3.50. The number of methoxy groups -OCH3 is 1. The molecule has 2 rings (SSSR count). The van der Waals surface area contributed by atoms with Gasteiger partial charge in [0.15, 0.2) is 11.5 Å². The summed E-state index contributed by atoms with van der Waals surface area (Å²) in [5.74, 6) is 0.582. The van der Waals surface area contributed by atoms with Gasteiger partial charge in [0.1, 0.15) is 0 Å². The standard InChI is InChI=1S/C13H18BrNO4/c1-17-12-5-9(4-11(14)13(12)16)6-15-7-10-8-18-2-3-19-10/h4-5,10,15-16H,2-3,6-8H2,1H3. The first kappa shape index (κ1) is 14.6. The predicted molar refractivity (Wildman–Crippen MR) is 74.6 cm³/mol. The third-order valence-electron chi connectivity index (χ3n) is 2.89. The molecular weight excluding hydrogens is 314 g/mol. The van der Waals surface area contributed by atoms with Gasteiger partial charge in [-0.25, -0.2) is 0 Å². The molecule has 1 atom stereocenters. The minimum atomic E-state index is 0.108. The number of ether oxygens (including phenoxy) is 3. The van der Waals surface area contributed by atoms with Gasteiger partial charge in [0.05, 0.1) is 37.5 Å². The number of halogens is 1. The Morgan fingerprint density at radius 1 is 1.47 bits per heavy atom. The van der Waals surface area contributed by atoms with Crippen LogP contribution in [0.2, 0.25) is 0 Å². The van der Waals surface area contributed by atoms with E-state index in [-0.39, 0.29) is 11.9 Å². The van der Waals surface area contributed by atoms with E-state index in [1.807, 2.05) is 12.1 Å². The van der Waals surface area contributed by atoms with E-state index in [1.165, 1.54) is 7.11 Å². The summed E-state index contributed by atoms with van der Waals surface area (Å²) < 4.78 is 16.6. The van der Waals surface area contributed by atoms with E-state index in [2.05, 4.69) is 21.2 Å². The number of phenols is 1. The smallest absolute Gasteiger partial charge is 0.172 e. The van der Waals surface area contributed by atoms with Crippen LogP contribution in [0.25, 0.3) is 0 Å². The predicted octanol–water partition coefficient (Wildman–Crippen LogP) is 1.67. The lowest BCUT2D eigenvalue weighted by Crippen LogP contribution is -2.37. The second-order valence-electron chi connectivity index (χ2n) is 4.33. The summed E-state index contributed by atoms with van der Waals surface area (Å²) in [6.45, 7) is 3.38. The number of benzene rings is 1. The molecule has 0 amide bonds. The highest BCUT2D eigenvalue weighted by Crippen LogP contribution is 2.35. The number of nitrogens with one attached hydrogen (secondary N) is 1. The molecule has 106 valence electrons. The number of hydrogen-bond donors (Lipinski definition) is 2. The van der Waals surface area contributed by atoms with Gasteiger partial charge in [-0.2, -0.15) is 0 Å². The van der Waals surface area contributed by atoms with Crippen LogP contribution < -0.4 is 10.1 Å². The summed E-state index contributed by atoms with van der Waals surface area (Å²) in [6.07, 6.45) is 0.108. The largest absolute Gasteiger partial charge is 0.503 e. The molecule has 0 radical (unpaired) electrons. The molecule has 1 aliphatic rings. The Morgan fingerprint density at radius 3 is 3.00 bits per heavy atom. The number of rotatable bonds is 5. The summed E-state index contributed by atoms with van der Waals surface area (Å²) in [6, 6.07) is 3.68. The van der Waals surface area contributed by atoms with Gasteiger partial charge in [0, 0.05) is 13.1 Å². The zero-order chi connectivity index (χ0) is 13.7. The van der Waals surface area contributed by atoms with E-state index in [9.17, 15) is 5.11 Å². The van der Waals surface area contributed by atoms with E-state index in [4.69, 9.17) is 14.2 Å². The van der Waals surface area contributed by atoms with Crippen LogP contribution >= 0.6 is 15.9 Å². The van der Waals surface area contributed by atoms with Crippen molar-refractivity contribution in [2.24, 2.45) is 0 Å².